The van der Waals surface area contributed by atoms with Gasteiger partial charge in [0.2, 0.25) is 0 Å². The highest BCUT2D eigenvalue weighted by Gasteiger charge is 2.12. The Morgan fingerprint density at radius 2 is 1.11 bits per heavy atom. The second kappa shape index (κ2) is 15.9. The smallest absolute Gasteiger partial charge is 0.119 e. The summed E-state index contributed by atoms with van der Waals surface area (Å²) < 4.78 is 5.95. The van der Waals surface area contributed by atoms with Gasteiger partial charge in [0.1, 0.15) is 5.75 Å². The summed E-state index contributed by atoms with van der Waals surface area (Å²) in [6, 6.07) is 20.0. The van der Waals surface area contributed by atoms with Crippen molar-refractivity contribution in [1.82, 2.24) is 0 Å². The van der Waals surface area contributed by atoms with Gasteiger partial charge in [-0.05, 0) is 64.1 Å². The normalized spacial score (nSPS) is 10.9. The van der Waals surface area contributed by atoms with Gasteiger partial charge in [-0.2, -0.15) is 0 Å². The van der Waals surface area contributed by atoms with Crippen molar-refractivity contribution >= 4 is 0 Å². The number of aliphatic hydroxyl groups excluding tert-OH is 2. The number of ether oxygens (including phenoxy) is 1. The first-order valence-electron chi connectivity index (χ1n) is 13.9. The van der Waals surface area contributed by atoms with Crippen molar-refractivity contribution in [2.45, 2.75) is 84.3 Å². The van der Waals surface area contributed by atoms with E-state index in [0.717, 1.165) is 52.2 Å². The van der Waals surface area contributed by atoms with Crippen LogP contribution in [-0.2, 0) is 13.2 Å². The molecule has 2 N–H and O–H groups in total. The summed E-state index contributed by atoms with van der Waals surface area (Å²) in [5.41, 5.74) is 6.09. The first kappa shape index (κ1) is 28.5. The number of hydrogen-bond donors (Lipinski definition) is 2. The molecule has 3 aromatic rings. The first-order valence-corrected chi connectivity index (χ1v) is 13.9. The molecule has 0 heterocycles. The number of aliphatic hydroxyl groups is 2. The van der Waals surface area contributed by atoms with Crippen molar-refractivity contribution in [3.8, 4) is 40.3 Å². The Hall–Kier alpha value is -3.06. The van der Waals surface area contributed by atoms with Crippen LogP contribution in [-0.4, -0.2) is 16.8 Å². The molecule has 0 aliphatic rings. The summed E-state index contributed by atoms with van der Waals surface area (Å²) in [5.74, 6) is 3.50. The molecule has 3 rings (SSSR count). The molecule has 0 unspecified atom stereocenters. The Morgan fingerprint density at radius 1 is 0.649 bits per heavy atom. The fourth-order valence-electron chi connectivity index (χ4n) is 4.82. The number of benzene rings is 3. The third-order valence-electron chi connectivity index (χ3n) is 6.94. The van der Waals surface area contributed by atoms with Crippen LogP contribution in [0.4, 0.5) is 0 Å². The Labute approximate surface area is 223 Å². The highest BCUT2D eigenvalue weighted by molar-refractivity contribution is 5.75. The van der Waals surface area contributed by atoms with Crippen molar-refractivity contribution in [2.75, 3.05) is 6.61 Å². The summed E-state index contributed by atoms with van der Waals surface area (Å²) in [6.45, 7) is 2.76. The van der Waals surface area contributed by atoms with Gasteiger partial charge < -0.3 is 14.9 Å². The van der Waals surface area contributed by atoms with Crippen molar-refractivity contribution < 1.29 is 14.9 Å². The van der Waals surface area contributed by atoms with Crippen molar-refractivity contribution in [2.24, 2.45) is 0 Å². The van der Waals surface area contributed by atoms with E-state index in [1.54, 1.807) is 12.1 Å². The zero-order chi connectivity index (χ0) is 26.3. The second-order valence-electron chi connectivity index (χ2n) is 9.76. The van der Waals surface area contributed by atoms with E-state index in [-0.39, 0.29) is 13.2 Å². The van der Waals surface area contributed by atoms with Gasteiger partial charge in [0, 0.05) is 5.56 Å². The molecule has 0 spiro atoms. The summed E-state index contributed by atoms with van der Waals surface area (Å²) in [5, 5.41) is 19.8. The highest BCUT2D eigenvalue weighted by Crippen LogP contribution is 2.32. The maximum Gasteiger partial charge on any atom is 0.119 e. The second-order valence-corrected chi connectivity index (χ2v) is 9.76. The van der Waals surface area contributed by atoms with Crippen LogP contribution in [0.3, 0.4) is 0 Å². The zero-order valence-electron chi connectivity index (χ0n) is 22.3. The summed E-state index contributed by atoms with van der Waals surface area (Å²) in [4.78, 5) is 0. The van der Waals surface area contributed by atoms with E-state index >= 15 is 0 Å². The minimum absolute atomic E-state index is 0.139. The topological polar surface area (TPSA) is 49.7 Å². The monoisotopic (exact) mass is 498 g/mol. The largest absolute Gasteiger partial charge is 0.494 e. The van der Waals surface area contributed by atoms with E-state index in [2.05, 4.69) is 37.1 Å². The van der Waals surface area contributed by atoms with Crippen LogP contribution in [0.25, 0.3) is 22.3 Å². The molecule has 0 fully saturated rings. The lowest BCUT2D eigenvalue weighted by molar-refractivity contribution is 0.276. The first-order chi connectivity index (χ1) is 18.2. The fraction of sp³-hybridized carbons (Fsp3) is 0.412. The Kier molecular flexibility index (Phi) is 12.3. The van der Waals surface area contributed by atoms with Gasteiger partial charge in [0.15, 0.2) is 0 Å². The molecule has 0 aromatic heterocycles. The lowest BCUT2D eigenvalue weighted by Gasteiger charge is -2.14. The lowest BCUT2D eigenvalue weighted by atomic mass is 9.91. The van der Waals surface area contributed by atoms with E-state index < -0.39 is 0 Å². The maximum atomic E-state index is 9.88. The van der Waals surface area contributed by atoms with E-state index in [0.29, 0.717) is 5.56 Å². The van der Waals surface area contributed by atoms with Crippen molar-refractivity contribution in [3.63, 3.8) is 0 Å². The van der Waals surface area contributed by atoms with Gasteiger partial charge in [-0.25, -0.2) is 0 Å². The molecule has 37 heavy (non-hydrogen) atoms. The van der Waals surface area contributed by atoms with Crippen LogP contribution in [0.2, 0.25) is 0 Å². The Morgan fingerprint density at radius 3 is 1.59 bits per heavy atom. The molecule has 0 saturated heterocycles. The molecule has 0 bridgehead atoms. The third kappa shape index (κ3) is 8.78. The maximum absolute atomic E-state index is 9.88. The van der Waals surface area contributed by atoms with E-state index in [1.807, 2.05) is 24.3 Å². The van der Waals surface area contributed by atoms with Gasteiger partial charge in [-0.3, -0.25) is 0 Å². The number of terminal acetylenes is 1. The molecule has 3 nitrogen and oxygen atoms in total. The molecule has 3 heteroatoms. The fourth-order valence-corrected chi connectivity index (χ4v) is 4.82. The van der Waals surface area contributed by atoms with E-state index in [1.165, 1.54) is 57.8 Å². The predicted molar refractivity (Wildman–Crippen MR) is 154 cm³/mol. The molecule has 0 radical (unpaired) electrons. The van der Waals surface area contributed by atoms with Gasteiger partial charge in [0.25, 0.3) is 0 Å². The molecule has 0 aliphatic carbocycles. The molecule has 196 valence electrons. The van der Waals surface area contributed by atoms with Crippen molar-refractivity contribution in [1.29, 1.82) is 0 Å². The van der Waals surface area contributed by atoms with Gasteiger partial charge >= 0.3 is 0 Å². The average molecular weight is 499 g/mol. The minimum Gasteiger partial charge on any atom is -0.494 e. The Balaban J connectivity index is 1.48. The Bertz CT molecular complexity index is 1080. The van der Waals surface area contributed by atoms with Gasteiger partial charge in [-0.1, -0.05) is 107 Å². The quantitative estimate of drug-likeness (QED) is 0.154. The summed E-state index contributed by atoms with van der Waals surface area (Å²) >= 11 is 0. The van der Waals surface area contributed by atoms with E-state index in [9.17, 15) is 10.2 Å². The van der Waals surface area contributed by atoms with Crippen LogP contribution in [0.1, 0.15) is 87.8 Å². The minimum atomic E-state index is -0.139. The van der Waals surface area contributed by atoms with Crippen molar-refractivity contribution in [3.05, 3.63) is 77.4 Å². The van der Waals surface area contributed by atoms with Crippen LogP contribution in [0.5, 0.6) is 5.75 Å². The number of hydrogen-bond acceptors (Lipinski definition) is 3. The summed E-state index contributed by atoms with van der Waals surface area (Å²) in [7, 11) is 0. The number of rotatable bonds is 16. The molecule has 0 amide bonds. The molecule has 0 saturated carbocycles. The highest BCUT2D eigenvalue weighted by atomic mass is 16.5. The van der Waals surface area contributed by atoms with Crippen LogP contribution in [0.15, 0.2) is 60.7 Å². The molecule has 0 atom stereocenters. The molecular formula is C34H42O3. The van der Waals surface area contributed by atoms with E-state index in [4.69, 9.17) is 11.2 Å². The van der Waals surface area contributed by atoms with Gasteiger partial charge in [-0.15, -0.1) is 6.42 Å². The lowest BCUT2D eigenvalue weighted by Crippen LogP contribution is -1.98. The third-order valence-corrected chi connectivity index (χ3v) is 6.94. The van der Waals surface area contributed by atoms with Crippen LogP contribution < -0.4 is 4.74 Å². The SMILES string of the molecule is C#Cc1cc(CO)c(-c2ccc(-c3ccc(OCCCCCCCCCCCC)cc3)cc2)c(CO)c1. The number of unbranched alkanes of at least 4 members (excludes halogenated alkanes) is 9. The van der Waals surface area contributed by atoms with Crippen LogP contribution >= 0.6 is 0 Å². The van der Waals surface area contributed by atoms with Gasteiger partial charge in [0.05, 0.1) is 19.8 Å². The van der Waals surface area contributed by atoms with Crippen LogP contribution in [0, 0.1) is 12.3 Å². The molecular weight excluding hydrogens is 456 g/mol. The standard InChI is InChI=1S/C34H42O3/c1-3-5-6-7-8-9-10-11-12-13-22-37-33-20-18-29(19-21-33)28-14-16-30(17-15-28)34-31(25-35)23-27(4-2)24-32(34)26-36/h2,14-21,23-24,35-36H,3,5-13,22,25-26H2,1H3. The molecule has 3 aromatic carbocycles. The average Bonchev–Trinajstić information content (AvgIpc) is 2.95. The zero-order valence-corrected chi connectivity index (χ0v) is 22.3. The predicted octanol–water partition coefficient (Wildman–Crippen LogP) is 8.29. The molecule has 0 aliphatic heterocycles. The summed E-state index contributed by atoms with van der Waals surface area (Å²) in [6.07, 6.45) is 18.8.